The molecule has 0 aromatic heterocycles. The Labute approximate surface area is 71.3 Å². The maximum atomic E-state index is 10.5. The zero-order valence-corrected chi connectivity index (χ0v) is 7.12. The number of ether oxygens (including phenoxy) is 1. The lowest BCUT2D eigenvalue weighted by Crippen LogP contribution is -2.35. The first-order valence-electron chi connectivity index (χ1n) is 3.84. The molecule has 0 heterocycles. The Balaban J connectivity index is 3.30. The molecule has 0 aromatic carbocycles. The molecule has 5 nitrogen and oxygen atoms in total. The standard InChI is InChI=1S/C7H15NO4/c1-2-12-5-6(10)3-8-7(11)4-9/h6,9-10H,2-5H2,1H3,(H,8,11). The van der Waals surface area contributed by atoms with Crippen LogP contribution in [0.5, 0.6) is 0 Å². The Kier molecular flexibility index (Phi) is 6.64. The molecule has 1 amide bonds. The summed E-state index contributed by atoms with van der Waals surface area (Å²) < 4.78 is 4.90. The molecule has 0 aliphatic heterocycles. The minimum atomic E-state index is -0.708. The highest BCUT2D eigenvalue weighted by Gasteiger charge is 2.05. The smallest absolute Gasteiger partial charge is 0.245 e. The zero-order chi connectivity index (χ0) is 9.40. The molecule has 0 fully saturated rings. The van der Waals surface area contributed by atoms with Crippen molar-refractivity contribution in [1.29, 1.82) is 0 Å². The van der Waals surface area contributed by atoms with Gasteiger partial charge in [0.05, 0.1) is 12.7 Å². The third-order valence-electron chi connectivity index (χ3n) is 1.19. The van der Waals surface area contributed by atoms with Crippen LogP contribution >= 0.6 is 0 Å². The fourth-order valence-corrected chi connectivity index (χ4v) is 0.600. The van der Waals surface area contributed by atoms with Crippen LogP contribution in [0.2, 0.25) is 0 Å². The van der Waals surface area contributed by atoms with E-state index in [2.05, 4.69) is 5.32 Å². The normalized spacial score (nSPS) is 12.6. The fraction of sp³-hybridized carbons (Fsp3) is 0.857. The van der Waals surface area contributed by atoms with Crippen molar-refractivity contribution in [1.82, 2.24) is 5.32 Å². The van der Waals surface area contributed by atoms with Gasteiger partial charge in [0.25, 0.3) is 0 Å². The average molecular weight is 177 g/mol. The van der Waals surface area contributed by atoms with Gasteiger partial charge in [-0.1, -0.05) is 0 Å². The van der Waals surface area contributed by atoms with E-state index in [0.717, 1.165) is 0 Å². The number of nitrogens with one attached hydrogen (secondary N) is 1. The average Bonchev–Trinajstić information content (AvgIpc) is 2.10. The fourth-order valence-electron chi connectivity index (χ4n) is 0.600. The highest BCUT2D eigenvalue weighted by Crippen LogP contribution is 1.82. The van der Waals surface area contributed by atoms with Crippen molar-refractivity contribution in [3.05, 3.63) is 0 Å². The first-order valence-corrected chi connectivity index (χ1v) is 3.84. The number of aliphatic hydroxyl groups excluding tert-OH is 2. The summed E-state index contributed by atoms with van der Waals surface area (Å²) in [5.41, 5.74) is 0. The summed E-state index contributed by atoms with van der Waals surface area (Å²) in [6.07, 6.45) is -0.708. The predicted molar refractivity (Wildman–Crippen MR) is 42.6 cm³/mol. The maximum Gasteiger partial charge on any atom is 0.245 e. The van der Waals surface area contributed by atoms with Gasteiger partial charge >= 0.3 is 0 Å². The Morgan fingerprint density at radius 3 is 2.83 bits per heavy atom. The molecule has 5 heteroatoms. The molecule has 0 radical (unpaired) electrons. The first kappa shape index (κ1) is 11.4. The second-order valence-corrected chi connectivity index (χ2v) is 2.28. The van der Waals surface area contributed by atoms with Crippen LogP contribution in [0.25, 0.3) is 0 Å². The quantitative estimate of drug-likeness (QED) is 0.461. The summed E-state index contributed by atoms with van der Waals surface area (Å²) >= 11 is 0. The van der Waals surface area contributed by atoms with Crippen molar-refractivity contribution < 1.29 is 19.7 Å². The number of aliphatic hydroxyl groups is 2. The molecule has 3 N–H and O–H groups in total. The van der Waals surface area contributed by atoms with Crippen LogP contribution in [0.1, 0.15) is 6.92 Å². The minimum absolute atomic E-state index is 0.111. The Morgan fingerprint density at radius 1 is 1.67 bits per heavy atom. The zero-order valence-electron chi connectivity index (χ0n) is 7.12. The maximum absolute atomic E-state index is 10.5. The van der Waals surface area contributed by atoms with E-state index in [1.807, 2.05) is 6.92 Å². The van der Waals surface area contributed by atoms with Crippen molar-refractivity contribution in [2.24, 2.45) is 0 Å². The van der Waals surface area contributed by atoms with E-state index in [1.54, 1.807) is 0 Å². The van der Waals surface area contributed by atoms with Gasteiger partial charge in [-0.15, -0.1) is 0 Å². The summed E-state index contributed by atoms with van der Waals surface area (Å²) in [6, 6.07) is 0. The molecular weight excluding hydrogens is 162 g/mol. The van der Waals surface area contributed by atoms with Gasteiger partial charge in [0.15, 0.2) is 0 Å². The molecule has 72 valence electrons. The van der Waals surface area contributed by atoms with E-state index < -0.39 is 18.6 Å². The van der Waals surface area contributed by atoms with Gasteiger partial charge in [-0.2, -0.15) is 0 Å². The number of carbonyl (C=O) groups excluding carboxylic acids is 1. The lowest BCUT2D eigenvalue weighted by molar-refractivity contribution is -0.124. The van der Waals surface area contributed by atoms with E-state index in [1.165, 1.54) is 0 Å². The molecule has 0 aromatic rings. The van der Waals surface area contributed by atoms with Crippen LogP contribution in [-0.4, -0.2) is 48.6 Å². The summed E-state index contributed by atoms with van der Waals surface area (Å²) in [5.74, 6) is -0.495. The van der Waals surface area contributed by atoms with Crippen LogP contribution in [0.4, 0.5) is 0 Å². The highest BCUT2D eigenvalue weighted by molar-refractivity contribution is 5.76. The van der Waals surface area contributed by atoms with Gasteiger partial charge in [-0.25, -0.2) is 0 Å². The molecule has 0 saturated carbocycles. The van der Waals surface area contributed by atoms with Crippen molar-refractivity contribution >= 4 is 5.91 Å². The summed E-state index contributed by atoms with van der Waals surface area (Å²) in [5, 5.41) is 19.7. The van der Waals surface area contributed by atoms with Crippen LogP contribution in [0.15, 0.2) is 0 Å². The molecule has 0 rings (SSSR count). The molecule has 0 bridgehead atoms. The van der Waals surface area contributed by atoms with E-state index in [9.17, 15) is 4.79 Å². The van der Waals surface area contributed by atoms with Crippen molar-refractivity contribution in [3.8, 4) is 0 Å². The van der Waals surface area contributed by atoms with Crippen LogP contribution in [0, 0.1) is 0 Å². The third-order valence-corrected chi connectivity index (χ3v) is 1.19. The summed E-state index contributed by atoms with van der Waals surface area (Å²) in [6.45, 7) is 2.10. The molecule has 0 spiro atoms. The summed E-state index contributed by atoms with van der Waals surface area (Å²) in [4.78, 5) is 10.5. The molecule has 12 heavy (non-hydrogen) atoms. The van der Waals surface area contributed by atoms with E-state index in [0.29, 0.717) is 6.61 Å². The summed E-state index contributed by atoms with van der Waals surface area (Å²) in [7, 11) is 0. The number of carbonyl (C=O) groups is 1. The topological polar surface area (TPSA) is 78.8 Å². The predicted octanol–water partition coefficient (Wildman–Crippen LogP) is -1.51. The van der Waals surface area contributed by atoms with Crippen LogP contribution in [0.3, 0.4) is 0 Å². The van der Waals surface area contributed by atoms with E-state index >= 15 is 0 Å². The second-order valence-electron chi connectivity index (χ2n) is 2.28. The van der Waals surface area contributed by atoms with E-state index in [-0.39, 0.29) is 13.2 Å². The number of hydrogen-bond acceptors (Lipinski definition) is 4. The van der Waals surface area contributed by atoms with Crippen molar-refractivity contribution in [2.45, 2.75) is 13.0 Å². The highest BCUT2D eigenvalue weighted by atomic mass is 16.5. The Morgan fingerprint density at radius 2 is 2.33 bits per heavy atom. The number of amides is 1. The lowest BCUT2D eigenvalue weighted by atomic mass is 10.4. The third kappa shape index (κ3) is 6.09. The Bertz CT molecular complexity index is 129. The number of hydrogen-bond donors (Lipinski definition) is 3. The van der Waals surface area contributed by atoms with Gasteiger partial charge in [0.2, 0.25) is 5.91 Å². The van der Waals surface area contributed by atoms with Gasteiger partial charge in [0, 0.05) is 13.2 Å². The lowest BCUT2D eigenvalue weighted by Gasteiger charge is -2.10. The van der Waals surface area contributed by atoms with Gasteiger partial charge in [0.1, 0.15) is 6.61 Å². The first-order chi connectivity index (χ1) is 5.70. The van der Waals surface area contributed by atoms with Crippen LogP contribution < -0.4 is 5.32 Å². The second kappa shape index (κ2) is 7.02. The van der Waals surface area contributed by atoms with Crippen molar-refractivity contribution in [3.63, 3.8) is 0 Å². The van der Waals surface area contributed by atoms with Gasteiger partial charge < -0.3 is 20.3 Å². The molecular formula is C7H15NO4. The van der Waals surface area contributed by atoms with Crippen LogP contribution in [-0.2, 0) is 9.53 Å². The SMILES string of the molecule is CCOCC(O)CNC(=O)CO. The largest absolute Gasteiger partial charge is 0.389 e. The number of rotatable bonds is 6. The van der Waals surface area contributed by atoms with Crippen molar-refractivity contribution in [2.75, 3.05) is 26.4 Å². The molecule has 0 aliphatic carbocycles. The monoisotopic (exact) mass is 177 g/mol. The minimum Gasteiger partial charge on any atom is -0.389 e. The molecule has 1 atom stereocenters. The molecule has 1 unspecified atom stereocenters. The van der Waals surface area contributed by atoms with Gasteiger partial charge in [-0.3, -0.25) is 4.79 Å². The van der Waals surface area contributed by atoms with E-state index in [4.69, 9.17) is 14.9 Å². The Hall–Kier alpha value is -0.650. The van der Waals surface area contributed by atoms with Gasteiger partial charge in [-0.05, 0) is 6.92 Å². The molecule has 0 aliphatic rings. The molecule has 0 saturated heterocycles.